The van der Waals surface area contributed by atoms with Gasteiger partial charge in [-0.2, -0.15) is 0 Å². The molecule has 5 N–H and O–H groups in total. The Balaban J connectivity index is 2.17. The maximum Gasteiger partial charge on any atom is 0.252 e. The number of carbonyl (C=O) groups excluding carboxylic acids is 1. The number of pyridine rings is 1. The Labute approximate surface area is 100.0 Å². The lowest BCUT2D eigenvalue weighted by Crippen LogP contribution is -2.26. The van der Waals surface area contributed by atoms with Crippen molar-refractivity contribution >= 4 is 17.4 Å². The number of aromatic nitrogens is 1. The number of nitrogens with two attached hydrogens (primary N) is 2. The standard InChI is InChI=1S/C11H17N5O/c1-16-3-2-8(6-16)15-11-9(10(13)17)4-7(12)5-14-11/h4-5,8H,2-3,6,12H2,1H3,(H2,13,17)(H,14,15). The van der Waals surface area contributed by atoms with Gasteiger partial charge >= 0.3 is 0 Å². The molecule has 1 saturated heterocycles. The van der Waals surface area contributed by atoms with Gasteiger partial charge in [0.1, 0.15) is 5.82 Å². The van der Waals surface area contributed by atoms with Crippen molar-refractivity contribution in [2.45, 2.75) is 12.5 Å². The van der Waals surface area contributed by atoms with Crippen LogP contribution in [0, 0.1) is 0 Å². The summed E-state index contributed by atoms with van der Waals surface area (Å²) in [6, 6.07) is 1.85. The quantitative estimate of drug-likeness (QED) is 0.678. The number of amides is 1. The van der Waals surface area contributed by atoms with Gasteiger partial charge < -0.3 is 21.7 Å². The molecule has 1 fully saturated rings. The van der Waals surface area contributed by atoms with E-state index in [1.807, 2.05) is 0 Å². The summed E-state index contributed by atoms with van der Waals surface area (Å²) in [6.45, 7) is 1.98. The highest BCUT2D eigenvalue weighted by Crippen LogP contribution is 2.18. The SMILES string of the molecule is CN1CCC(Nc2ncc(N)cc2C(N)=O)C1. The van der Waals surface area contributed by atoms with Gasteiger partial charge in [0.25, 0.3) is 5.91 Å². The van der Waals surface area contributed by atoms with Crippen molar-refractivity contribution in [1.29, 1.82) is 0 Å². The van der Waals surface area contributed by atoms with Crippen molar-refractivity contribution in [3.8, 4) is 0 Å². The predicted molar refractivity (Wildman–Crippen MR) is 66.7 cm³/mol. The second-order valence-electron chi connectivity index (χ2n) is 4.42. The van der Waals surface area contributed by atoms with Gasteiger partial charge in [0.05, 0.1) is 17.4 Å². The number of rotatable bonds is 3. The third-order valence-corrected chi connectivity index (χ3v) is 2.91. The van der Waals surface area contributed by atoms with Crippen molar-refractivity contribution in [2.75, 3.05) is 31.2 Å². The lowest BCUT2D eigenvalue weighted by Gasteiger charge is -2.15. The minimum Gasteiger partial charge on any atom is -0.397 e. The van der Waals surface area contributed by atoms with E-state index in [0.717, 1.165) is 19.5 Å². The van der Waals surface area contributed by atoms with Gasteiger partial charge in [0.2, 0.25) is 0 Å². The van der Waals surface area contributed by atoms with E-state index in [1.165, 1.54) is 6.20 Å². The number of nitrogens with one attached hydrogen (secondary N) is 1. The zero-order valence-corrected chi connectivity index (χ0v) is 9.81. The number of hydrogen-bond donors (Lipinski definition) is 3. The number of likely N-dealkylation sites (N-methyl/N-ethyl adjacent to an activating group) is 1. The normalized spacial score (nSPS) is 20.4. The summed E-state index contributed by atoms with van der Waals surface area (Å²) in [5.74, 6) is 0.00523. The molecule has 1 atom stereocenters. The first kappa shape index (κ1) is 11.7. The second kappa shape index (κ2) is 4.58. The van der Waals surface area contributed by atoms with Crippen LogP contribution in [0.15, 0.2) is 12.3 Å². The number of likely N-dealkylation sites (tertiary alicyclic amines) is 1. The second-order valence-corrected chi connectivity index (χ2v) is 4.42. The highest BCUT2D eigenvalue weighted by Gasteiger charge is 2.21. The predicted octanol–water partition coefficient (Wildman–Crippen LogP) is -0.121. The van der Waals surface area contributed by atoms with Gasteiger partial charge in [-0.05, 0) is 26.1 Å². The lowest BCUT2D eigenvalue weighted by molar-refractivity contribution is 0.100. The van der Waals surface area contributed by atoms with Crippen LogP contribution in [0.25, 0.3) is 0 Å². The molecule has 0 bridgehead atoms. The van der Waals surface area contributed by atoms with Crippen molar-refractivity contribution in [3.05, 3.63) is 17.8 Å². The van der Waals surface area contributed by atoms with Crippen molar-refractivity contribution in [1.82, 2.24) is 9.88 Å². The molecule has 17 heavy (non-hydrogen) atoms. The molecular formula is C11H17N5O. The summed E-state index contributed by atoms with van der Waals surface area (Å²) >= 11 is 0. The first-order valence-electron chi connectivity index (χ1n) is 5.56. The summed E-state index contributed by atoms with van der Waals surface area (Å²) in [7, 11) is 2.06. The van der Waals surface area contributed by atoms with E-state index < -0.39 is 5.91 Å². The third kappa shape index (κ3) is 2.65. The molecule has 0 spiro atoms. The molecule has 92 valence electrons. The summed E-state index contributed by atoms with van der Waals surface area (Å²) < 4.78 is 0. The number of carbonyl (C=O) groups is 1. The van der Waals surface area contributed by atoms with E-state index in [9.17, 15) is 4.79 Å². The molecule has 0 aliphatic carbocycles. The minimum absolute atomic E-state index is 0.300. The van der Waals surface area contributed by atoms with Crippen LogP contribution in [0.5, 0.6) is 0 Å². The summed E-state index contributed by atoms with van der Waals surface area (Å²) in [5.41, 5.74) is 11.7. The van der Waals surface area contributed by atoms with Crippen LogP contribution in [-0.4, -0.2) is 42.0 Å². The van der Waals surface area contributed by atoms with Gasteiger partial charge in [-0.25, -0.2) is 4.98 Å². The van der Waals surface area contributed by atoms with E-state index in [4.69, 9.17) is 11.5 Å². The number of nitrogens with zero attached hydrogens (tertiary/aromatic N) is 2. The van der Waals surface area contributed by atoms with Crippen LogP contribution >= 0.6 is 0 Å². The van der Waals surface area contributed by atoms with Crippen LogP contribution < -0.4 is 16.8 Å². The molecule has 6 heteroatoms. The van der Waals surface area contributed by atoms with Gasteiger partial charge in [-0.15, -0.1) is 0 Å². The smallest absolute Gasteiger partial charge is 0.252 e. The number of nitrogen functional groups attached to an aromatic ring is 1. The summed E-state index contributed by atoms with van der Waals surface area (Å²) in [6.07, 6.45) is 2.55. The molecular weight excluding hydrogens is 218 g/mol. The number of primary amides is 1. The van der Waals surface area contributed by atoms with E-state index >= 15 is 0 Å². The Hall–Kier alpha value is -1.82. The van der Waals surface area contributed by atoms with Crippen LogP contribution in [0.3, 0.4) is 0 Å². The highest BCUT2D eigenvalue weighted by atomic mass is 16.1. The van der Waals surface area contributed by atoms with Crippen LogP contribution in [-0.2, 0) is 0 Å². The Morgan fingerprint density at radius 3 is 3.00 bits per heavy atom. The molecule has 1 aliphatic heterocycles. The fourth-order valence-corrected chi connectivity index (χ4v) is 2.03. The van der Waals surface area contributed by atoms with Crippen molar-refractivity contribution in [2.24, 2.45) is 5.73 Å². The maximum absolute atomic E-state index is 11.3. The fourth-order valence-electron chi connectivity index (χ4n) is 2.03. The van der Waals surface area contributed by atoms with E-state index in [2.05, 4.69) is 22.2 Å². The topological polar surface area (TPSA) is 97.3 Å². The van der Waals surface area contributed by atoms with E-state index in [1.54, 1.807) is 6.07 Å². The van der Waals surface area contributed by atoms with Crippen LogP contribution in [0.2, 0.25) is 0 Å². The molecule has 2 heterocycles. The molecule has 0 aromatic carbocycles. The molecule has 2 rings (SSSR count). The van der Waals surface area contributed by atoms with Crippen molar-refractivity contribution in [3.63, 3.8) is 0 Å². The zero-order valence-electron chi connectivity index (χ0n) is 9.81. The Morgan fingerprint density at radius 2 is 2.41 bits per heavy atom. The van der Waals surface area contributed by atoms with E-state index in [-0.39, 0.29) is 0 Å². The average Bonchev–Trinajstić information content (AvgIpc) is 2.66. The van der Waals surface area contributed by atoms with Crippen molar-refractivity contribution < 1.29 is 4.79 Å². The lowest BCUT2D eigenvalue weighted by atomic mass is 10.2. The largest absolute Gasteiger partial charge is 0.397 e. The molecule has 6 nitrogen and oxygen atoms in total. The van der Waals surface area contributed by atoms with Gasteiger partial charge in [-0.1, -0.05) is 0 Å². The molecule has 1 amide bonds. The van der Waals surface area contributed by atoms with Gasteiger partial charge in [0, 0.05) is 12.6 Å². The van der Waals surface area contributed by atoms with Crippen LogP contribution in [0.4, 0.5) is 11.5 Å². The fraction of sp³-hybridized carbons (Fsp3) is 0.455. The maximum atomic E-state index is 11.3. The average molecular weight is 235 g/mol. The van der Waals surface area contributed by atoms with Gasteiger partial charge in [-0.3, -0.25) is 4.79 Å². The molecule has 1 unspecified atom stereocenters. The van der Waals surface area contributed by atoms with Gasteiger partial charge in [0.15, 0.2) is 0 Å². The summed E-state index contributed by atoms with van der Waals surface area (Å²) in [5, 5.41) is 3.24. The molecule has 0 saturated carbocycles. The number of anilines is 2. The van der Waals surface area contributed by atoms with Crippen LogP contribution in [0.1, 0.15) is 16.8 Å². The molecule has 1 aromatic heterocycles. The molecule has 0 radical (unpaired) electrons. The number of hydrogen-bond acceptors (Lipinski definition) is 5. The molecule has 1 aliphatic rings. The Kier molecular flexibility index (Phi) is 3.14. The Morgan fingerprint density at radius 1 is 1.65 bits per heavy atom. The zero-order chi connectivity index (χ0) is 12.4. The Bertz CT molecular complexity index is 434. The third-order valence-electron chi connectivity index (χ3n) is 2.91. The first-order chi connectivity index (χ1) is 8.06. The summed E-state index contributed by atoms with van der Waals surface area (Å²) in [4.78, 5) is 17.6. The highest BCUT2D eigenvalue weighted by molar-refractivity contribution is 5.98. The molecule has 1 aromatic rings. The first-order valence-corrected chi connectivity index (χ1v) is 5.56. The minimum atomic E-state index is -0.515. The monoisotopic (exact) mass is 235 g/mol. The van der Waals surface area contributed by atoms with E-state index in [0.29, 0.717) is 23.1 Å².